The Morgan fingerprint density at radius 3 is 2.80 bits per heavy atom. The zero-order valence-electron chi connectivity index (χ0n) is 13.7. The summed E-state index contributed by atoms with van der Waals surface area (Å²) in [7, 11) is 0. The molecule has 2 aromatic heterocycles. The molecule has 5 heteroatoms. The molecule has 0 atom stereocenters. The number of rotatable bonds is 4. The highest BCUT2D eigenvalue weighted by atomic mass is 35.5. The van der Waals surface area contributed by atoms with Crippen LogP contribution in [0.1, 0.15) is 11.1 Å². The summed E-state index contributed by atoms with van der Waals surface area (Å²) in [5.41, 5.74) is 5.53. The molecular formula is C20H16ClN3S. The lowest BCUT2D eigenvalue weighted by atomic mass is 10.1. The summed E-state index contributed by atoms with van der Waals surface area (Å²) in [5.74, 6) is 0.818. The van der Waals surface area contributed by atoms with E-state index >= 15 is 0 Å². The Balaban J connectivity index is 1.67. The second-order valence-corrected chi connectivity index (χ2v) is 7.23. The number of benzene rings is 2. The lowest BCUT2D eigenvalue weighted by Gasteiger charge is -2.03. The van der Waals surface area contributed by atoms with E-state index in [9.17, 15) is 0 Å². The number of halogens is 1. The highest BCUT2D eigenvalue weighted by Crippen LogP contribution is 2.29. The average Bonchev–Trinajstić information content (AvgIpc) is 3.05. The third kappa shape index (κ3) is 3.41. The van der Waals surface area contributed by atoms with E-state index < -0.39 is 0 Å². The molecule has 0 spiro atoms. The molecule has 0 aliphatic carbocycles. The van der Waals surface area contributed by atoms with Crippen molar-refractivity contribution in [1.29, 1.82) is 0 Å². The van der Waals surface area contributed by atoms with Gasteiger partial charge >= 0.3 is 0 Å². The van der Waals surface area contributed by atoms with Crippen molar-refractivity contribution >= 4 is 28.9 Å². The predicted molar refractivity (Wildman–Crippen MR) is 104 cm³/mol. The number of hydrogen-bond acceptors (Lipinski definition) is 3. The Hall–Kier alpha value is -2.30. The van der Waals surface area contributed by atoms with E-state index in [2.05, 4.69) is 36.2 Å². The molecule has 0 N–H and O–H groups in total. The second kappa shape index (κ2) is 6.90. The molecule has 2 heterocycles. The third-order valence-corrected chi connectivity index (χ3v) is 5.34. The van der Waals surface area contributed by atoms with Gasteiger partial charge in [0.1, 0.15) is 5.03 Å². The van der Waals surface area contributed by atoms with Crippen LogP contribution >= 0.6 is 23.4 Å². The highest BCUT2D eigenvalue weighted by Gasteiger charge is 2.11. The number of thioether (sulfide) groups is 1. The van der Waals surface area contributed by atoms with Gasteiger partial charge in [-0.25, -0.2) is 9.50 Å². The van der Waals surface area contributed by atoms with Crippen LogP contribution in [0.4, 0.5) is 0 Å². The van der Waals surface area contributed by atoms with Gasteiger partial charge in [-0.3, -0.25) is 0 Å². The van der Waals surface area contributed by atoms with Crippen LogP contribution in [-0.4, -0.2) is 14.6 Å². The molecule has 0 saturated heterocycles. The SMILES string of the molecule is Cc1ccccc1-c1cc2c(SCc3cccc(Cl)c3)nccn2n1. The van der Waals surface area contributed by atoms with E-state index in [-0.39, 0.29) is 0 Å². The predicted octanol–water partition coefficient (Wildman–Crippen LogP) is 5.65. The van der Waals surface area contributed by atoms with E-state index in [1.165, 1.54) is 11.1 Å². The van der Waals surface area contributed by atoms with Crippen molar-refractivity contribution in [1.82, 2.24) is 14.6 Å². The molecule has 0 radical (unpaired) electrons. The van der Waals surface area contributed by atoms with E-state index in [4.69, 9.17) is 16.7 Å². The van der Waals surface area contributed by atoms with Crippen LogP contribution < -0.4 is 0 Å². The minimum absolute atomic E-state index is 0.760. The Morgan fingerprint density at radius 2 is 1.96 bits per heavy atom. The molecule has 124 valence electrons. The first-order chi connectivity index (χ1) is 12.2. The van der Waals surface area contributed by atoms with Gasteiger partial charge < -0.3 is 0 Å². The summed E-state index contributed by atoms with van der Waals surface area (Å²) < 4.78 is 1.90. The van der Waals surface area contributed by atoms with Crippen LogP contribution in [0.3, 0.4) is 0 Å². The number of fused-ring (bicyclic) bond motifs is 1. The molecule has 0 unspecified atom stereocenters. The fourth-order valence-corrected chi connectivity index (χ4v) is 3.91. The molecule has 25 heavy (non-hydrogen) atoms. The lowest BCUT2D eigenvalue weighted by molar-refractivity contribution is 0.920. The van der Waals surface area contributed by atoms with Crippen LogP contribution in [0.5, 0.6) is 0 Å². The van der Waals surface area contributed by atoms with E-state index in [0.717, 1.165) is 32.6 Å². The zero-order valence-corrected chi connectivity index (χ0v) is 15.3. The molecule has 0 aliphatic heterocycles. The molecule has 0 saturated carbocycles. The van der Waals surface area contributed by atoms with Gasteiger partial charge in [-0.2, -0.15) is 5.10 Å². The summed E-state index contributed by atoms with van der Waals surface area (Å²) in [6.45, 7) is 2.10. The van der Waals surface area contributed by atoms with Gasteiger partial charge in [0.15, 0.2) is 0 Å². The van der Waals surface area contributed by atoms with Crippen LogP contribution in [0.15, 0.2) is 72.0 Å². The van der Waals surface area contributed by atoms with E-state index in [0.29, 0.717) is 0 Å². The molecule has 0 aliphatic rings. The maximum atomic E-state index is 6.07. The summed E-state index contributed by atoms with van der Waals surface area (Å²) in [6, 6.07) is 18.3. The normalized spacial score (nSPS) is 11.1. The number of aromatic nitrogens is 3. The van der Waals surface area contributed by atoms with Crippen molar-refractivity contribution in [3.63, 3.8) is 0 Å². The quantitative estimate of drug-likeness (QED) is 0.438. The maximum absolute atomic E-state index is 6.07. The van der Waals surface area contributed by atoms with Crippen molar-refractivity contribution in [2.45, 2.75) is 17.7 Å². The Morgan fingerprint density at radius 1 is 1.08 bits per heavy atom. The summed E-state index contributed by atoms with van der Waals surface area (Å²) in [4.78, 5) is 4.54. The maximum Gasteiger partial charge on any atom is 0.122 e. The van der Waals surface area contributed by atoms with Gasteiger partial charge in [0.25, 0.3) is 0 Å². The van der Waals surface area contributed by atoms with Gasteiger partial charge in [0.2, 0.25) is 0 Å². The molecule has 4 rings (SSSR count). The van der Waals surface area contributed by atoms with Gasteiger partial charge in [0, 0.05) is 28.7 Å². The Labute approximate surface area is 155 Å². The van der Waals surface area contributed by atoms with E-state index in [1.54, 1.807) is 18.0 Å². The first-order valence-corrected chi connectivity index (χ1v) is 9.35. The summed E-state index contributed by atoms with van der Waals surface area (Å²) in [5, 5.41) is 6.44. The fraction of sp³-hybridized carbons (Fsp3) is 0.100. The molecule has 0 amide bonds. The molecular weight excluding hydrogens is 350 g/mol. The lowest BCUT2D eigenvalue weighted by Crippen LogP contribution is -1.91. The smallest absolute Gasteiger partial charge is 0.122 e. The first kappa shape index (κ1) is 16.2. The van der Waals surface area contributed by atoms with Crippen LogP contribution in [0.2, 0.25) is 5.02 Å². The minimum atomic E-state index is 0.760. The fourth-order valence-electron chi connectivity index (χ4n) is 2.78. The van der Waals surface area contributed by atoms with Gasteiger partial charge in [-0.1, -0.05) is 59.8 Å². The van der Waals surface area contributed by atoms with Crippen molar-refractivity contribution in [3.05, 3.63) is 83.1 Å². The van der Waals surface area contributed by atoms with Crippen LogP contribution in [-0.2, 0) is 5.75 Å². The largest absolute Gasteiger partial charge is 0.246 e. The second-order valence-electron chi connectivity index (χ2n) is 5.83. The number of hydrogen-bond donors (Lipinski definition) is 0. The monoisotopic (exact) mass is 365 g/mol. The van der Waals surface area contributed by atoms with Crippen molar-refractivity contribution in [2.75, 3.05) is 0 Å². The molecule has 3 nitrogen and oxygen atoms in total. The van der Waals surface area contributed by atoms with Crippen LogP contribution in [0, 0.1) is 6.92 Å². The van der Waals surface area contributed by atoms with Gasteiger partial charge in [-0.05, 0) is 36.2 Å². The van der Waals surface area contributed by atoms with Crippen molar-refractivity contribution in [3.8, 4) is 11.3 Å². The Kier molecular flexibility index (Phi) is 4.47. The zero-order chi connectivity index (χ0) is 17.2. The first-order valence-electron chi connectivity index (χ1n) is 7.98. The molecule has 4 aromatic rings. The summed E-state index contributed by atoms with van der Waals surface area (Å²) >= 11 is 7.76. The number of nitrogens with zero attached hydrogens (tertiary/aromatic N) is 3. The van der Waals surface area contributed by atoms with E-state index in [1.807, 2.05) is 41.0 Å². The number of aryl methyl sites for hydroxylation is 1. The van der Waals surface area contributed by atoms with Gasteiger partial charge in [0.05, 0.1) is 11.2 Å². The third-order valence-electron chi connectivity index (χ3n) is 4.04. The molecule has 0 fully saturated rings. The standard InChI is InChI=1S/C20H16ClN3S/c1-14-5-2-3-8-17(14)18-12-19-20(22-9-10-24(19)23-18)25-13-15-6-4-7-16(21)11-15/h2-12H,13H2,1H3. The van der Waals surface area contributed by atoms with Gasteiger partial charge in [-0.15, -0.1) is 0 Å². The molecule has 2 aromatic carbocycles. The Bertz CT molecular complexity index is 1040. The highest BCUT2D eigenvalue weighted by molar-refractivity contribution is 7.98. The minimum Gasteiger partial charge on any atom is -0.246 e. The average molecular weight is 366 g/mol. The topological polar surface area (TPSA) is 30.2 Å². The molecule has 0 bridgehead atoms. The summed E-state index contributed by atoms with van der Waals surface area (Å²) in [6.07, 6.45) is 3.68. The van der Waals surface area contributed by atoms with Crippen molar-refractivity contribution < 1.29 is 0 Å². The van der Waals surface area contributed by atoms with Crippen LogP contribution in [0.25, 0.3) is 16.8 Å². The van der Waals surface area contributed by atoms with Crippen molar-refractivity contribution in [2.24, 2.45) is 0 Å².